The highest BCUT2D eigenvalue weighted by atomic mass is 16.5. The molecule has 0 N–H and O–H groups in total. The van der Waals surface area contributed by atoms with Gasteiger partial charge in [0.05, 0.1) is 19.2 Å². The number of ketones is 1. The summed E-state index contributed by atoms with van der Waals surface area (Å²) in [5, 5.41) is 8.68. The van der Waals surface area contributed by atoms with Crippen LogP contribution in [0.3, 0.4) is 0 Å². The van der Waals surface area contributed by atoms with Gasteiger partial charge < -0.3 is 4.74 Å². The van der Waals surface area contributed by atoms with E-state index in [1.807, 2.05) is 4.90 Å². The first kappa shape index (κ1) is 9.63. The first-order chi connectivity index (χ1) is 6.79. The average Bonchev–Trinajstić information content (AvgIpc) is 3.01. The largest absolute Gasteiger partial charge is 0.361 e. The molecule has 0 radical (unpaired) electrons. The summed E-state index contributed by atoms with van der Waals surface area (Å²) >= 11 is 0. The zero-order chi connectivity index (χ0) is 9.97. The van der Waals surface area contributed by atoms with Crippen LogP contribution in [0, 0.1) is 17.2 Å². The van der Waals surface area contributed by atoms with Crippen molar-refractivity contribution in [2.75, 3.05) is 26.2 Å². The van der Waals surface area contributed by atoms with E-state index in [1.165, 1.54) is 0 Å². The summed E-state index contributed by atoms with van der Waals surface area (Å²) in [4.78, 5) is 13.5. The number of rotatable bonds is 3. The second-order valence-electron chi connectivity index (χ2n) is 3.96. The van der Waals surface area contributed by atoms with Crippen molar-refractivity contribution in [2.45, 2.75) is 18.9 Å². The van der Waals surface area contributed by atoms with Crippen molar-refractivity contribution in [2.24, 2.45) is 5.92 Å². The minimum atomic E-state index is -0.351. The van der Waals surface area contributed by atoms with Crippen molar-refractivity contribution in [1.82, 2.24) is 4.90 Å². The maximum absolute atomic E-state index is 11.5. The molecule has 76 valence electrons. The second-order valence-corrected chi connectivity index (χ2v) is 3.96. The van der Waals surface area contributed by atoms with Gasteiger partial charge in [-0.1, -0.05) is 0 Å². The maximum Gasteiger partial charge on any atom is 0.156 e. The highest BCUT2D eigenvalue weighted by molar-refractivity contribution is 5.85. The monoisotopic (exact) mass is 194 g/mol. The Morgan fingerprint density at radius 3 is 3.00 bits per heavy atom. The van der Waals surface area contributed by atoms with Crippen molar-refractivity contribution in [3.05, 3.63) is 0 Å². The van der Waals surface area contributed by atoms with Gasteiger partial charge in [0.1, 0.15) is 5.78 Å². The number of morpholine rings is 1. The molecule has 4 heteroatoms. The first-order valence-electron chi connectivity index (χ1n) is 5.06. The average molecular weight is 194 g/mol. The van der Waals surface area contributed by atoms with Gasteiger partial charge in [-0.05, 0) is 12.8 Å². The second kappa shape index (κ2) is 4.07. The lowest BCUT2D eigenvalue weighted by Crippen LogP contribution is -2.44. The number of carbonyl (C=O) groups is 1. The Morgan fingerprint density at radius 1 is 1.57 bits per heavy atom. The third-order valence-electron chi connectivity index (χ3n) is 2.71. The van der Waals surface area contributed by atoms with Crippen LogP contribution in [-0.4, -0.2) is 43.0 Å². The highest BCUT2D eigenvalue weighted by Gasteiger charge is 2.31. The van der Waals surface area contributed by atoms with Crippen LogP contribution in [0.4, 0.5) is 0 Å². The van der Waals surface area contributed by atoms with E-state index in [1.54, 1.807) is 0 Å². The normalized spacial score (nSPS) is 28.4. The topological polar surface area (TPSA) is 53.3 Å². The van der Waals surface area contributed by atoms with Gasteiger partial charge in [0.15, 0.2) is 6.10 Å². The van der Waals surface area contributed by atoms with Gasteiger partial charge in [-0.2, -0.15) is 5.26 Å². The molecule has 0 aromatic carbocycles. The van der Waals surface area contributed by atoms with E-state index in [9.17, 15) is 4.79 Å². The van der Waals surface area contributed by atoms with Crippen LogP contribution in [0.5, 0.6) is 0 Å². The third-order valence-corrected chi connectivity index (χ3v) is 2.71. The minimum absolute atomic E-state index is 0.318. The van der Waals surface area contributed by atoms with Crippen molar-refractivity contribution >= 4 is 5.78 Å². The summed E-state index contributed by atoms with van der Waals surface area (Å²) < 4.78 is 5.20. The summed E-state index contributed by atoms with van der Waals surface area (Å²) in [7, 11) is 0. The number of nitrogens with zero attached hydrogens (tertiary/aromatic N) is 2. The fraction of sp³-hybridized carbons (Fsp3) is 0.800. The third kappa shape index (κ3) is 2.31. The highest BCUT2D eigenvalue weighted by Crippen LogP contribution is 2.30. The molecule has 1 heterocycles. The van der Waals surface area contributed by atoms with Crippen molar-refractivity contribution in [3.8, 4) is 6.07 Å². The van der Waals surface area contributed by atoms with Gasteiger partial charge in [0, 0.05) is 19.0 Å². The molecule has 1 saturated carbocycles. The predicted octanol–water partition coefficient (Wildman–Crippen LogP) is 0.190. The van der Waals surface area contributed by atoms with Gasteiger partial charge in [-0.3, -0.25) is 9.69 Å². The summed E-state index contributed by atoms with van der Waals surface area (Å²) in [6.45, 7) is 2.42. The lowest BCUT2D eigenvalue weighted by Gasteiger charge is -2.28. The van der Waals surface area contributed by atoms with Gasteiger partial charge >= 0.3 is 0 Å². The molecule has 0 spiro atoms. The molecule has 1 atom stereocenters. The number of ether oxygens (including phenoxy) is 1. The summed E-state index contributed by atoms with van der Waals surface area (Å²) in [6, 6.07) is 2.08. The number of carbonyl (C=O) groups excluding carboxylic acids is 1. The zero-order valence-corrected chi connectivity index (χ0v) is 8.11. The Morgan fingerprint density at radius 2 is 2.36 bits per heavy atom. The van der Waals surface area contributed by atoms with Gasteiger partial charge in [0.25, 0.3) is 0 Å². The van der Waals surface area contributed by atoms with Crippen molar-refractivity contribution < 1.29 is 9.53 Å². The van der Waals surface area contributed by atoms with Crippen LogP contribution >= 0.6 is 0 Å². The molecule has 14 heavy (non-hydrogen) atoms. The minimum Gasteiger partial charge on any atom is -0.361 e. The molecule has 0 amide bonds. The molecule has 0 aromatic rings. The molecule has 2 fully saturated rings. The lowest BCUT2D eigenvalue weighted by molar-refractivity contribution is -0.122. The quantitative estimate of drug-likeness (QED) is 0.643. The van der Waals surface area contributed by atoms with Gasteiger partial charge in [-0.15, -0.1) is 0 Å². The van der Waals surface area contributed by atoms with Gasteiger partial charge in [-0.25, -0.2) is 0 Å². The Hall–Kier alpha value is -0.920. The fourth-order valence-electron chi connectivity index (χ4n) is 1.68. The van der Waals surface area contributed by atoms with E-state index in [0.29, 0.717) is 31.4 Å². The molecule has 4 nitrogen and oxygen atoms in total. The molecule has 2 aliphatic rings. The molecular formula is C10H14N2O2. The summed E-state index contributed by atoms with van der Waals surface area (Å²) in [5.74, 6) is 0.655. The Balaban J connectivity index is 1.79. The molecule has 0 bridgehead atoms. The number of nitriles is 1. The van der Waals surface area contributed by atoms with Crippen molar-refractivity contribution in [1.29, 1.82) is 5.26 Å². The fourth-order valence-corrected chi connectivity index (χ4v) is 1.68. The van der Waals surface area contributed by atoms with Crippen LogP contribution in [0.15, 0.2) is 0 Å². The van der Waals surface area contributed by atoms with Crippen LogP contribution in [0.25, 0.3) is 0 Å². The first-order valence-corrected chi connectivity index (χ1v) is 5.06. The molecule has 1 saturated heterocycles. The van der Waals surface area contributed by atoms with Crippen LogP contribution in [0.1, 0.15) is 12.8 Å². The van der Waals surface area contributed by atoms with E-state index < -0.39 is 0 Å². The molecular weight excluding hydrogens is 180 g/mol. The smallest absolute Gasteiger partial charge is 0.156 e. The van der Waals surface area contributed by atoms with E-state index in [-0.39, 0.29) is 6.10 Å². The Labute approximate surface area is 83.4 Å². The Kier molecular flexibility index (Phi) is 2.80. The molecule has 1 aliphatic heterocycles. The number of Topliss-reactive ketones (excluding diaryl/α,β-unsaturated/α-hetero) is 1. The van der Waals surface area contributed by atoms with E-state index >= 15 is 0 Å². The molecule has 2 rings (SSSR count). The molecule has 1 unspecified atom stereocenters. The van der Waals surface area contributed by atoms with Crippen LogP contribution in [-0.2, 0) is 9.53 Å². The van der Waals surface area contributed by atoms with Crippen LogP contribution < -0.4 is 0 Å². The summed E-state index contributed by atoms with van der Waals surface area (Å²) in [6.07, 6.45) is 1.77. The van der Waals surface area contributed by atoms with Crippen LogP contribution in [0.2, 0.25) is 0 Å². The Bertz CT molecular complexity index is 268. The molecule has 1 aliphatic carbocycles. The molecule has 0 aromatic heterocycles. The standard InChI is InChI=1S/C10H14N2O2/c11-5-9-6-12(3-4-14-9)7-10(13)8-1-2-8/h8-9H,1-4,6-7H2. The van der Waals surface area contributed by atoms with Gasteiger partial charge in [0.2, 0.25) is 0 Å². The van der Waals surface area contributed by atoms with E-state index in [4.69, 9.17) is 10.00 Å². The number of hydrogen-bond donors (Lipinski definition) is 0. The predicted molar refractivity (Wildman–Crippen MR) is 49.5 cm³/mol. The van der Waals surface area contributed by atoms with E-state index in [2.05, 4.69) is 6.07 Å². The van der Waals surface area contributed by atoms with E-state index in [0.717, 1.165) is 19.4 Å². The zero-order valence-electron chi connectivity index (χ0n) is 8.11. The SMILES string of the molecule is N#CC1CN(CC(=O)C2CC2)CCO1. The number of hydrogen-bond acceptors (Lipinski definition) is 4. The summed E-state index contributed by atoms with van der Waals surface area (Å²) in [5.41, 5.74) is 0. The lowest BCUT2D eigenvalue weighted by atomic mass is 10.2. The maximum atomic E-state index is 11.5. The van der Waals surface area contributed by atoms with Crippen molar-refractivity contribution in [3.63, 3.8) is 0 Å².